The van der Waals surface area contributed by atoms with Gasteiger partial charge in [0.05, 0.1) is 6.61 Å². The zero-order chi connectivity index (χ0) is 18.4. The fourth-order valence-electron chi connectivity index (χ4n) is 3.73. The smallest absolute Gasteiger partial charge is 0.409 e. The van der Waals surface area contributed by atoms with Crippen molar-refractivity contribution in [1.29, 1.82) is 0 Å². The van der Waals surface area contributed by atoms with Gasteiger partial charge in [-0.3, -0.25) is 4.79 Å². The Bertz CT molecular complexity index is 603. The van der Waals surface area contributed by atoms with E-state index in [1.54, 1.807) is 4.90 Å². The molecule has 1 aromatic carbocycles. The van der Waals surface area contributed by atoms with Crippen LogP contribution in [0, 0.1) is 5.92 Å². The lowest BCUT2D eigenvalue weighted by Crippen LogP contribution is -2.49. The van der Waals surface area contributed by atoms with Gasteiger partial charge in [-0.15, -0.1) is 0 Å². The molecule has 1 aliphatic heterocycles. The van der Waals surface area contributed by atoms with E-state index in [0.717, 1.165) is 50.1 Å². The molecular weight excluding hydrogens is 330 g/mol. The fraction of sp³-hybridized carbons (Fsp3) is 0.600. The topological polar surface area (TPSA) is 61.9 Å². The average molecular weight is 359 g/mol. The maximum absolute atomic E-state index is 12.3. The molecule has 2 amide bonds. The molecule has 0 unspecified atom stereocenters. The Balaban J connectivity index is 1.50. The highest BCUT2D eigenvalue weighted by molar-refractivity contribution is 5.92. The maximum atomic E-state index is 12.3. The van der Waals surface area contributed by atoms with Crippen LogP contribution in [0.2, 0.25) is 0 Å². The summed E-state index contributed by atoms with van der Waals surface area (Å²) in [6, 6.07) is 8.01. The highest BCUT2D eigenvalue weighted by atomic mass is 16.6. The van der Waals surface area contributed by atoms with Gasteiger partial charge in [-0.1, -0.05) is 19.3 Å². The Morgan fingerprint density at radius 1 is 1.04 bits per heavy atom. The first-order chi connectivity index (χ1) is 12.7. The molecule has 1 aromatic rings. The number of rotatable bonds is 4. The van der Waals surface area contributed by atoms with Crippen molar-refractivity contribution in [2.24, 2.45) is 5.92 Å². The SMILES string of the molecule is CCOC(=O)N1CCN(c2ccc(NC(=O)C3CCCCC3)cc2)CC1. The first-order valence-electron chi connectivity index (χ1n) is 9.75. The van der Waals surface area contributed by atoms with E-state index in [4.69, 9.17) is 4.74 Å². The summed E-state index contributed by atoms with van der Waals surface area (Å²) in [5, 5.41) is 3.05. The molecule has 142 valence electrons. The van der Waals surface area contributed by atoms with E-state index in [0.29, 0.717) is 19.7 Å². The molecule has 6 nitrogen and oxygen atoms in total. The molecule has 1 N–H and O–H groups in total. The standard InChI is InChI=1S/C20H29N3O3/c1-2-26-20(25)23-14-12-22(13-15-23)18-10-8-17(9-11-18)21-19(24)16-6-4-3-5-7-16/h8-11,16H,2-7,12-15H2,1H3,(H,21,24). The molecule has 1 saturated carbocycles. The number of carbonyl (C=O) groups excluding carboxylic acids is 2. The summed E-state index contributed by atoms with van der Waals surface area (Å²) in [5.41, 5.74) is 1.97. The molecule has 0 radical (unpaired) electrons. The minimum absolute atomic E-state index is 0.153. The van der Waals surface area contributed by atoms with Gasteiger partial charge in [0.1, 0.15) is 0 Å². The minimum atomic E-state index is -0.229. The van der Waals surface area contributed by atoms with Crippen LogP contribution in [0.15, 0.2) is 24.3 Å². The molecule has 0 bridgehead atoms. The molecule has 2 fully saturated rings. The molecule has 1 heterocycles. The molecule has 26 heavy (non-hydrogen) atoms. The third kappa shape index (κ3) is 4.68. The number of ether oxygens (including phenoxy) is 1. The van der Waals surface area contributed by atoms with Gasteiger partial charge in [-0.2, -0.15) is 0 Å². The fourth-order valence-corrected chi connectivity index (χ4v) is 3.73. The van der Waals surface area contributed by atoms with Crippen molar-refractivity contribution in [3.63, 3.8) is 0 Å². The van der Waals surface area contributed by atoms with Gasteiger partial charge in [0.25, 0.3) is 0 Å². The van der Waals surface area contributed by atoms with Crippen molar-refractivity contribution in [3.8, 4) is 0 Å². The van der Waals surface area contributed by atoms with Gasteiger partial charge in [0.2, 0.25) is 5.91 Å². The van der Waals surface area contributed by atoms with Crippen LogP contribution in [0.5, 0.6) is 0 Å². The zero-order valence-corrected chi connectivity index (χ0v) is 15.6. The lowest BCUT2D eigenvalue weighted by molar-refractivity contribution is -0.120. The monoisotopic (exact) mass is 359 g/mol. The van der Waals surface area contributed by atoms with Crippen molar-refractivity contribution in [1.82, 2.24) is 4.90 Å². The Hall–Kier alpha value is -2.24. The Labute approximate surface area is 155 Å². The number of nitrogens with one attached hydrogen (secondary N) is 1. The van der Waals surface area contributed by atoms with Gasteiger partial charge in [0.15, 0.2) is 0 Å². The summed E-state index contributed by atoms with van der Waals surface area (Å²) in [7, 11) is 0. The molecule has 0 aromatic heterocycles. The second-order valence-electron chi connectivity index (χ2n) is 7.04. The Morgan fingerprint density at radius 2 is 1.69 bits per heavy atom. The van der Waals surface area contributed by atoms with Gasteiger partial charge >= 0.3 is 6.09 Å². The van der Waals surface area contributed by atoms with Gasteiger partial charge in [-0.05, 0) is 44.0 Å². The van der Waals surface area contributed by atoms with Gasteiger partial charge in [-0.25, -0.2) is 4.79 Å². The van der Waals surface area contributed by atoms with Crippen molar-refractivity contribution >= 4 is 23.4 Å². The first-order valence-corrected chi connectivity index (χ1v) is 9.75. The van der Waals surface area contributed by atoms with Crippen LogP contribution in [-0.4, -0.2) is 49.7 Å². The summed E-state index contributed by atoms with van der Waals surface area (Å²) in [6.07, 6.45) is 5.36. The molecule has 1 aliphatic carbocycles. The van der Waals surface area contributed by atoms with Crippen LogP contribution < -0.4 is 10.2 Å². The third-order valence-corrected chi connectivity index (χ3v) is 5.28. The molecule has 6 heteroatoms. The molecule has 0 spiro atoms. The number of hydrogen-bond donors (Lipinski definition) is 1. The van der Waals surface area contributed by atoms with E-state index < -0.39 is 0 Å². The third-order valence-electron chi connectivity index (χ3n) is 5.28. The Morgan fingerprint density at radius 3 is 2.31 bits per heavy atom. The van der Waals surface area contributed by atoms with Crippen LogP contribution >= 0.6 is 0 Å². The van der Waals surface area contributed by atoms with Gasteiger partial charge in [0, 0.05) is 43.5 Å². The van der Waals surface area contributed by atoms with Crippen LogP contribution in [-0.2, 0) is 9.53 Å². The van der Waals surface area contributed by atoms with Crippen LogP contribution in [0.4, 0.5) is 16.2 Å². The van der Waals surface area contributed by atoms with Gasteiger partial charge < -0.3 is 19.9 Å². The van der Waals surface area contributed by atoms with E-state index in [2.05, 4.69) is 10.2 Å². The molecule has 0 atom stereocenters. The lowest BCUT2D eigenvalue weighted by Gasteiger charge is -2.35. The highest BCUT2D eigenvalue weighted by Crippen LogP contribution is 2.26. The predicted octanol–water partition coefficient (Wildman–Crippen LogP) is 3.48. The maximum Gasteiger partial charge on any atom is 0.409 e. The Kier molecular flexibility index (Phi) is 6.36. The highest BCUT2D eigenvalue weighted by Gasteiger charge is 2.23. The van der Waals surface area contributed by atoms with E-state index in [-0.39, 0.29) is 17.9 Å². The summed E-state index contributed by atoms with van der Waals surface area (Å²) in [6.45, 7) is 5.13. The average Bonchev–Trinajstić information content (AvgIpc) is 2.69. The molecule has 1 saturated heterocycles. The summed E-state index contributed by atoms with van der Waals surface area (Å²) in [4.78, 5) is 28.1. The normalized spacial score (nSPS) is 18.5. The second-order valence-corrected chi connectivity index (χ2v) is 7.04. The largest absolute Gasteiger partial charge is 0.450 e. The van der Waals surface area contributed by atoms with Crippen molar-refractivity contribution < 1.29 is 14.3 Å². The van der Waals surface area contributed by atoms with Crippen LogP contribution in [0.3, 0.4) is 0 Å². The van der Waals surface area contributed by atoms with Crippen LogP contribution in [0.1, 0.15) is 39.0 Å². The van der Waals surface area contributed by atoms with E-state index >= 15 is 0 Å². The summed E-state index contributed by atoms with van der Waals surface area (Å²) in [5.74, 6) is 0.319. The first kappa shape index (κ1) is 18.5. The number of nitrogens with zero attached hydrogens (tertiary/aromatic N) is 2. The number of benzene rings is 1. The second kappa shape index (κ2) is 8.92. The number of piperazine rings is 1. The molecule has 2 aliphatic rings. The van der Waals surface area contributed by atoms with Crippen LogP contribution in [0.25, 0.3) is 0 Å². The number of carbonyl (C=O) groups is 2. The summed E-state index contributed by atoms with van der Waals surface area (Å²) < 4.78 is 5.05. The van der Waals surface area contributed by atoms with E-state index in [1.807, 2.05) is 31.2 Å². The number of hydrogen-bond acceptors (Lipinski definition) is 4. The molecular formula is C20H29N3O3. The minimum Gasteiger partial charge on any atom is -0.450 e. The zero-order valence-electron chi connectivity index (χ0n) is 15.6. The molecule has 3 rings (SSSR count). The summed E-state index contributed by atoms with van der Waals surface area (Å²) >= 11 is 0. The van der Waals surface area contributed by atoms with Crippen molar-refractivity contribution in [3.05, 3.63) is 24.3 Å². The lowest BCUT2D eigenvalue weighted by atomic mass is 9.88. The number of amides is 2. The van der Waals surface area contributed by atoms with Crippen molar-refractivity contribution in [2.75, 3.05) is 43.0 Å². The van der Waals surface area contributed by atoms with E-state index in [1.165, 1.54) is 6.42 Å². The van der Waals surface area contributed by atoms with E-state index in [9.17, 15) is 9.59 Å². The quantitative estimate of drug-likeness (QED) is 0.894. The predicted molar refractivity (Wildman–Crippen MR) is 102 cm³/mol. The van der Waals surface area contributed by atoms with Crippen molar-refractivity contribution in [2.45, 2.75) is 39.0 Å². The number of anilines is 2.